The highest BCUT2D eigenvalue weighted by molar-refractivity contribution is 7.99. The van der Waals surface area contributed by atoms with E-state index in [4.69, 9.17) is 34.0 Å². The summed E-state index contributed by atoms with van der Waals surface area (Å²) >= 11 is 13.1. The Kier molecular flexibility index (Phi) is 9.09. The molecule has 0 amide bonds. The van der Waals surface area contributed by atoms with Gasteiger partial charge in [-0.3, -0.25) is 4.79 Å². The van der Waals surface area contributed by atoms with Gasteiger partial charge in [0.2, 0.25) is 0 Å². The van der Waals surface area contributed by atoms with Crippen LogP contribution >= 0.6 is 35.0 Å². The van der Waals surface area contributed by atoms with E-state index < -0.39 is 30.2 Å². The summed E-state index contributed by atoms with van der Waals surface area (Å²) in [6.07, 6.45) is -4.90. The topological polar surface area (TPSA) is 83.5 Å². The van der Waals surface area contributed by atoms with Crippen LogP contribution in [0.3, 0.4) is 0 Å². The Bertz CT molecular complexity index is 896. The summed E-state index contributed by atoms with van der Waals surface area (Å²) in [7, 11) is 0. The van der Waals surface area contributed by atoms with E-state index in [-0.39, 0.29) is 23.5 Å². The first kappa shape index (κ1) is 25.8. The highest BCUT2D eigenvalue weighted by atomic mass is 35.5. The SMILES string of the molecule is NC(CCSCCC(O)(c1ccc(Cc2ccc(Cl)cc2Cl)cc1)C(F)(F)F)C(=O)O. The number of hydrogen-bond donors (Lipinski definition) is 3. The van der Waals surface area contributed by atoms with Crippen LogP contribution in [0.5, 0.6) is 0 Å². The fraction of sp³-hybridized carbons (Fsp3) is 0.381. The zero-order valence-electron chi connectivity index (χ0n) is 16.3. The molecule has 10 heteroatoms. The zero-order chi connectivity index (χ0) is 23.2. The molecule has 2 rings (SSSR count). The smallest absolute Gasteiger partial charge is 0.421 e. The van der Waals surface area contributed by atoms with Gasteiger partial charge in [-0.05, 0) is 59.6 Å². The maximum atomic E-state index is 13.7. The summed E-state index contributed by atoms with van der Waals surface area (Å²) in [5.74, 6) is -0.889. The Morgan fingerprint density at radius 2 is 1.74 bits per heavy atom. The number of aliphatic hydroxyl groups is 1. The minimum atomic E-state index is -4.87. The number of thioether (sulfide) groups is 1. The molecular formula is C21H22Cl2F3NO3S. The van der Waals surface area contributed by atoms with E-state index in [0.29, 0.717) is 16.5 Å². The van der Waals surface area contributed by atoms with Crippen molar-refractivity contribution in [1.29, 1.82) is 0 Å². The van der Waals surface area contributed by atoms with Crippen LogP contribution in [0.25, 0.3) is 0 Å². The lowest BCUT2D eigenvalue weighted by molar-refractivity contribution is -0.267. The summed E-state index contributed by atoms with van der Waals surface area (Å²) in [6, 6.07) is 9.53. The molecule has 0 heterocycles. The first-order chi connectivity index (χ1) is 14.4. The van der Waals surface area contributed by atoms with E-state index in [0.717, 1.165) is 22.9 Å². The number of rotatable bonds is 10. The maximum absolute atomic E-state index is 13.7. The average molecular weight is 496 g/mol. The van der Waals surface area contributed by atoms with Crippen molar-refractivity contribution < 1.29 is 28.2 Å². The number of benzene rings is 2. The lowest BCUT2D eigenvalue weighted by atomic mass is 9.89. The number of carbonyl (C=O) groups is 1. The summed E-state index contributed by atoms with van der Waals surface area (Å²) in [5.41, 5.74) is 3.62. The molecule has 0 saturated carbocycles. The van der Waals surface area contributed by atoms with Gasteiger partial charge in [-0.15, -0.1) is 0 Å². The van der Waals surface area contributed by atoms with Crippen LogP contribution in [0.2, 0.25) is 10.0 Å². The Morgan fingerprint density at radius 3 is 2.29 bits per heavy atom. The Balaban J connectivity index is 2.06. The van der Waals surface area contributed by atoms with Gasteiger partial charge < -0.3 is 15.9 Å². The van der Waals surface area contributed by atoms with Gasteiger partial charge in [-0.2, -0.15) is 24.9 Å². The maximum Gasteiger partial charge on any atom is 0.421 e. The Hall–Kier alpha value is -1.45. The average Bonchev–Trinajstić information content (AvgIpc) is 2.69. The van der Waals surface area contributed by atoms with E-state index in [9.17, 15) is 23.1 Å². The Morgan fingerprint density at radius 1 is 1.10 bits per heavy atom. The molecule has 2 aromatic carbocycles. The molecule has 4 nitrogen and oxygen atoms in total. The standard InChI is InChI=1S/C21H22Cl2F3NO3S/c22-16-6-3-14(17(23)12-16)11-13-1-4-15(5-2-13)20(30,21(24,25)26)8-10-31-9-7-18(27)19(28)29/h1-6,12,18,30H,7-11,27H2,(H,28,29). The Labute approximate surface area is 192 Å². The van der Waals surface area contributed by atoms with Crippen molar-refractivity contribution in [3.05, 3.63) is 69.2 Å². The fourth-order valence-electron chi connectivity index (χ4n) is 2.89. The van der Waals surface area contributed by atoms with Gasteiger partial charge in [0, 0.05) is 10.0 Å². The third-order valence-electron chi connectivity index (χ3n) is 4.81. The number of alkyl halides is 3. The van der Waals surface area contributed by atoms with E-state index in [1.807, 2.05) is 0 Å². The number of carboxylic acid groups (broad SMARTS) is 1. The molecule has 0 spiro atoms. The minimum Gasteiger partial charge on any atom is -0.480 e. The molecule has 0 aliphatic rings. The van der Waals surface area contributed by atoms with E-state index in [2.05, 4.69) is 0 Å². The summed E-state index contributed by atoms with van der Waals surface area (Å²) < 4.78 is 41.1. The molecule has 31 heavy (non-hydrogen) atoms. The molecular weight excluding hydrogens is 474 g/mol. The van der Waals surface area contributed by atoms with Gasteiger partial charge in [0.05, 0.1) is 0 Å². The third-order valence-corrected chi connectivity index (χ3v) is 6.41. The van der Waals surface area contributed by atoms with Crippen LogP contribution < -0.4 is 5.73 Å². The monoisotopic (exact) mass is 495 g/mol. The van der Waals surface area contributed by atoms with E-state index >= 15 is 0 Å². The highest BCUT2D eigenvalue weighted by Gasteiger charge is 2.54. The third kappa shape index (κ3) is 7.02. The van der Waals surface area contributed by atoms with E-state index in [1.54, 1.807) is 18.2 Å². The van der Waals surface area contributed by atoms with Crippen LogP contribution in [-0.2, 0) is 16.8 Å². The van der Waals surface area contributed by atoms with Crippen molar-refractivity contribution in [2.24, 2.45) is 5.73 Å². The van der Waals surface area contributed by atoms with Crippen molar-refractivity contribution >= 4 is 40.9 Å². The van der Waals surface area contributed by atoms with Crippen LogP contribution in [0, 0.1) is 0 Å². The normalized spacial score (nSPS) is 14.8. The van der Waals surface area contributed by atoms with E-state index in [1.165, 1.54) is 24.3 Å². The molecule has 0 fully saturated rings. The van der Waals surface area contributed by atoms with Crippen LogP contribution in [0.1, 0.15) is 29.5 Å². The van der Waals surface area contributed by atoms with Gasteiger partial charge >= 0.3 is 12.1 Å². The predicted octanol–water partition coefficient (Wildman–Crippen LogP) is 5.26. The zero-order valence-corrected chi connectivity index (χ0v) is 18.7. The molecule has 2 aromatic rings. The first-order valence-corrected chi connectivity index (χ1v) is 11.2. The molecule has 170 valence electrons. The first-order valence-electron chi connectivity index (χ1n) is 9.32. The number of carboxylic acids is 1. The van der Waals surface area contributed by atoms with Gasteiger partial charge in [-0.1, -0.05) is 53.5 Å². The van der Waals surface area contributed by atoms with Crippen LogP contribution in [0.15, 0.2) is 42.5 Å². The lowest BCUT2D eigenvalue weighted by Gasteiger charge is -2.31. The largest absolute Gasteiger partial charge is 0.480 e. The second-order valence-corrected chi connectivity index (χ2v) is 9.13. The fourth-order valence-corrected chi connectivity index (χ4v) is 4.43. The molecule has 0 aromatic heterocycles. The number of hydrogen-bond acceptors (Lipinski definition) is 4. The lowest BCUT2D eigenvalue weighted by Crippen LogP contribution is -2.42. The van der Waals surface area contributed by atoms with Gasteiger partial charge in [-0.25, -0.2) is 0 Å². The second kappa shape index (κ2) is 10.9. The summed E-state index contributed by atoms with van der Waals surface area (Å²) in [4.78, 5) is 10.7. The molecule has 2 unspecified atom stereocenters. The molecule has 0 saturated heterocycles. The minimum absolute atomic E-state index is 0.00944. The van der Waals surface area contributed by atoms with Crippen LogP contribution in [-0.4, -0.2) is 39.9 Å². The number of nitrogens with two attached hydrogens (primary N) is 1. The molecule has 0 radical (unpaired) electrons. The number of aliphatic carboxylic acids is 1. The van der Waals surface area contributed by atoms with Crippen molar-refractivity contribution in [3.63, 3.8) is 0 Å². The van der Waals surface area contributed by atoms with Crippen molar-refractivity contribution in [1.82, 2.24) is 0 Å². The van der Waals surface area contributed by atoms with Crippen molar-refractivity contribution in [2.45, 2.75) is 37.1 Å². The molecule has 0 bridgehead atoms. The van der Waals surface area contributed by atoms with Gasteiger partial charge in [0.1, 0.15) is 6.04 Å². The van der Waals surface area contributed by atoms with Gasteiger partial charge in [0.15, 0.2) is 5.60 Å². The van der Waals surface area contributed by atoms with Crippen molar-refractivity contribution in [2.75, 3.05) is 11.5 Å². The second-order valence-electron chi connectivity index (χ2n) is 7.06. The molecule has 0 aliphatic carbocycles. The molecule has 4 N–H and O–H groups in total. The summed E-state index contributed by atoms with van der Waals surface area (Å²) in [5, 5.41) is 20.2. The predicted molar refractivity (Wildman–Crippen MR) is 118 cm³/mol. The molecule has 2 atom stereocenters. The van der Waals surface area contributed by atoms with Crippen LogP contribution in [0.4, 0.5) is 13.2 Å². The molecule has 0 aliphatic heterocycles. The highest BCUT2D eigenvalue weighted by Crippen LogP contribution is 2.42. The quantitative estimate of drug-likeness (QED) is 0.391. The van der Waals surface area contributed by atoms with Gasteiger partial charge in [0.25, 0.3) is 0 Å². The summed E-state index contributed by atoms with van der Waals surface area (Å²) in [6.45, 7) is 0. The number of halogens is 5. The van der Waals surface area contributed by atoms with Crippen molar-refractivity contribution in [3.8, 4) is 0 Å².